The summed E-state index contributed by atoms with van der Waals surface area (Å²) in [6.45, 7) is 2.91. The number of aromatic nitrogens is 2. The van der Waals surface area contributed by atoms with E-state index in [1.807, 2.05) is 36.0 Å². The molecule has 1 heterocycles. The number of non-ortho nitro benzene ring substituents is 1. The van der Waals surface area contributed by atoms with Crippen LogP contribution in [0.3, 0.4) is 0 Å². The first-order valence-electron chi connectivity index (χ1n) is 12.8. The van der Waals surface area contributed by atoms with Crippen molar-refractivity contribution in [3.05, 3.63) is 81.9 Å². The van der Waals surface area contributed by atoms with Crippen LogP contribution in [0.1, 0.15) is 55.6 Å². The predicted octanol–water partition coefficient (Wildman–Crippen LogP) is 6.84. The van der Waals surface area contributed by atoms with Crippen LogP contribution in [0.2, 0.25) is 0 Å². The van der Waals surface area contributed by atoms with Crippen LogP contribution in [0.15, 0.2) is 65.3 Å². The summed E-state index contributed by atoms with van der Waals surface area (Å²) >= 11 is 1.94. The number of nitro groups is 1. The molecule has 38 heavy (non-hydrogen) atoms. The number of rotatable bonds is 14. The molecule has 0 saturated carbocycles. The Bertz CT molecular complexity index is 1330. The van der Waals surface area contributed by atoms with Gasteiger partial charge in [0.25, 0.3) is 0 Å². The van der Waals surface area contributed by atoms with Crippen LogP contribution in [0.4, 0.5) is 11.4 Å². The second-order valence-corrected chi connectivity index (χ2v) is 10.4. The number of hydrogen-bond donors (Lipinski definition) is 3. The van der Waals surface area contributed by atoms with Crippen LogP contribution in [0.5, 0.6) is 11.5 Å². The van der Waals surface area contributed by atoms with Gasteiger partial charge in [-0.05, 0) is 88.6 Å². The Balaban J connectivity index is 1.26. The maximum absolute atomic E-state index is 11.1. The largest absolute Gasteiger partial charge is 0.508 e. The minimum absolute atomic E-state index is 0.120. The number of aromatic hydroxyl groups is 2. The lowest BCUT2D eigenvalue weighted by Gasteiger charge is -2.27. The van der Waals surface area contributed by atoms with Crippen LogP contribution in [0, 0.1) is 10.1 Å². The number of phenols is 2. The highest BCUT2D eigenvalue weighted by atomic mass is 32.2. The summed E-state index contributed by atoms with van der Waals surface area (Å²) in [6.07, 6.45) is 4.05. The molecule has 0 bridgehead atoms. The SMILES string of the molecule is CCC(c1ccc(O)cc1)C(CSCCCCCNc1ccc([N+](=O)[O-])c2nonc12)c1ccc(O)cc1. The molecule has 2 atom stereocenters. The lowest BCUT2D eigenvalue weighted by atomic mass is 9.81. The average molecular weight is 537 g/mol. The summed E-state index contributed by atoms with van der Waals surface area (Å²) in [4.78, 5) is 10.6. The molecule has 9 nitrogen and oxygen atoms in total. The van der Waals surface area contributed by atoms with E-state index in [2.05, 4.69) is 22.6 Å². The van der Waals surface area contributed by atoms with E-state index in [1.165, 1.54) is 17.2 Å². The van der Waals surface area contributed by atoms with Crippen molar-refractivity contribution in [3.63, 3.8) is 0 Å². The lowest BCUT2D eigenvalue weighted by molar-refractivity contribution is -0.383. The molecule has 0 aliphatic heterocycles. The molecule has 3 N–H and O–H groups in total. The monoisotopic (exact) mass is 536 g/mol. The molecule has 4 rings (SSSR count). The van der Waals surface area contributed by atoms with Gasteiger partial charge in [-0.2, -0.15) is 11.8 Å². The van der Waals surface area contributed by atoms with Gasteiger partial charge in [-0.15, -0.1) is 0 Å². The first-order valence-corrected chi connectivity index (χ1v) is 13.9. The van der Waals surface area contributed by atoms with Crippen molar-refractivity contribution in [2.24, 2.45) is 0 Å². The molecule has 3 aromatic carbocycles. The van der Waals surface area contributed by atoms with Gasteiger partial charge in [-0.1, -0.05) is 37.6 Å². The van der Waals surface area contributed by atoms with Gasteiger partial charge in [-0.25, -0.2) is 4.63 Å². The summed E-state index contributed by atoms with van der Waals surface area (Å²) in [5, 5.41) is 41.4. The van der Waals surface area contributed by atoms with E-state index in [1.54, 1.807) is 30.3 Å². The second-order valence-electron chi connectivity index (χ2n) is 9.22. The van der Waals surface area contributed by atoms with Crippen molar-refractivity contribution in [3.8, 4) is 11.5 Å². The van der Waals surface area contributed by atoms with Crippen molar-refractivity contribution in [2.45, 2.75) is 44.4 Å². The average Bonchev–Trinajstić information content (AvgIpc) is 3.41. The van der Waals surface area contributed by atoms with Crippen molar-refractivity contribution in [2.75, 3.05) is 23.4 Å². The number of nitrogens with zero attached hydrogens (tertiary/aromatic N) is 3. The minimum Gasteiger partial charge on any atom is -0.508 e. The Labute approximate surface area is 225 Å². The third-order valence-corrected chi connectivity index (χ3v) is 7.91. The number of hydrogen-bond acceptors (Lipinski definition) is 9. The van der Waals surface area contributed by atoms with Gasteiger partial charge in [0.2, 0.25) is 5.52 Å². The van der Waals surface area contributed by atoms with Crippen molar-refractivity contribution >= 4 is 34.2 Å². The Morgan fingerprint density at radius 2 is 1.53 bits per heavy atom. The number of benzene rings is 3. The van der Waals surface area contributed by atoms with Gasteiger partial charge < -0.3 is 15.5 Å². The van der Waals surface area contributed by atoms with Crippen molar-refractivity contribution < 1.29 is 19.8 Å². The Hall–Kier alpha value is -3.79. The summed E-state index contributed by atoms with van der Waals surface area (Å²) in [7, 11) is 0. The summed E-state index contributed by atoms with van der Waals surface area (Å²) in [5.41, 5.74) is 3.49. The molecule has 0 aliphatic rings. The number of thioether (sulfide) groups is 1. The molecule has 0 saturated heterocycles. The van der Waals surface area contributed by atoms with Gasteiger partial charge in [0.05, 0.1) is 10.6 Å². The van der Waals surface area contributed by atoms with Crippen molar-refractivity contribution in [1.29, 1.82) is 0 Å². The summed E-state index contributed by atoms with van der Waals surface area (Å²) < 4.78 is 4.71. The number of phenolic OH excluding ortho intramolecular Hbond substituents is 2. The topological polar surface area (TPSA) is 135 Å². The van der Waals surface area contributed by atoms with Crippen LogP contribution in [-0.2, 0) is 0 Å². The molecule has 0 radical (unpaired) electrons. The van der Waals surface area contributed by atoms with Gasteiger partial charge in [-0.3, -0.25) is 10.1 Å². The standard InChI is InChI=1S/C28H32N4O5S/c1-2-23(19-6-10-21(33)11-7-19)24(20-8-12-22(34)13-9-20)18-38-17-5-3-4-16-29-25-14-15-26(32(35)36)28-27(25)30-37-31-28/h6-15,23-24,29,33-34H,2-5,16-18H2,1H3. The fraction of sp³-hybridized carbons (Fsp3) is 0.357. The Kier molecular flexibility index (Phi) is 9.42. The smallest absolute Gasteiger partial charge is 0.300 e. The van der Waals surface area contributed by atoms with E-state index >= 15 is 0 Å². The number of fused-ring (bicyclic) bond motifs is 1. The molecular formula is C28H32N4O5S. The molecule has 1 aromatic heterocycles. The zero-order chi connectivity index (χ0) is 26.9. The maximum Gasteiger partial charge on any atom is 0.300 e. The molecule has 0 fully saturated rings. The first-order chi connectivity index (χ1) is 18.5. The van der Waals surface area contributed by atoms with E-state index in [0.29, 0.717) is 17.1 Å². The normalized spacial score (nSPS) is 12.9. The van der Waals surface area contributed by atoms with Gasteiger partial charge in [0, 0.05) is 18.4 Å². The molecular weight excluding hydrogens is 504 g/mol. The van der Waals surface area contributed by atoms with Gasteiger partial charge in [0.1, 0.15) is 11.5 Å². The third-order valence-electron chi connectivity index (χ3n) is 6.74. The summed E-state index contributed by atoms with van der Waals surface area (Å²) in [5.74, 6) is 3.13. The highest BCUT2D eigenvalue weighted by Crippen LogP contribution is 2.39. The van der Waals surface area contributed by atoms with Gasteiger partial charge in [0.15, 0.2) is 5.52 Å². The highest BCUT2D eigenvalue weighted by Gasteiger charge is 2.24. The van der Waals surface area contributed by atoms with E-state index in [-0.39, 0.29) is 28.6 Å². The molecule has 0 amide bonds. The number of nitrogens with one attached hydrogen (secondary N) is 1. The minimum atomic E-state index is -0.492. The Morgan fingerprint density at radius 1 is 0.895 bits per heavy atom. The highest BCUT2D eigenvalue weighted by molar-refractivity contribution is 7.99. The van der Waals surface area contributed by atoms with E-state index in [0.717, 1.165) is 43.7 Å². The molecule has 0 aliphatic carbocycles. The number of nitro benzene ring substituents is 1. The van der Waals surface area contributed by atoms with Crippen LogP contribution in [0.25, 0.3) is 11.0 Å². The van der Waals surface area contributed by atoms with Crippen molar-refractivity contribution in [1.82, 2.24) is 10.3 Å². The third kappa shape index (κ3) is 6.74. The molecule has 10 heteroatoms. The molecule has 200 valence electrons. The predicted molar refractivity (Wildman–Crippen MR) is 150 cm³/mol. The second kappa shape index (κ2) is 13.1. The number of unbranched alkanes of at least 4 members (excludes halogenated alkanes) is 2. The van der Waals surface area contributed by atoms with Crippen LogP contribution >= 0.6 is 11.8 Å². The zero-order valence-electron chi connectivity index (χ0n) is 21.2. The first kappa shape index (κ1) is 27.3. The molecule has 4 aromatic rings. The summed E-state index contributed by atoms with van der Waals surface area (Å²) in [6, 6.07) is 18.1. The van der Waals surface area contributed by atoms with Crippen LogP contribution < -0.4 is 5.32 Å². The lowest BCUT2D eigenvalue weighted by Crippen LogP contribution is -2.14. The van der Waals surface area contributed by atoms with E-state index in [4.69, 9.17) is 4.63 Å². The zero-order valence-corrected chi connectivity index (χ0v) is 22.1. The van der Waals surface area contributed by atoms with E-state index < -0.39 is 4.92 Å². The van der Waals surface area contributed by atoms with Gasteiger partial charge >= 0.3 is 5.69 Å². The quantitative estimate of drug-likeness (QED) is 0.0899. The fourth-order valence-electron chi connectivity index (χ4n) is 4.72. The number of anilines is 1. The Morgan fingerprint density at radius 3 is 2.16 bits per heavy atom. The van der Waals surface area contributed by atoms with E-state index in [9.17, 15) is 20.3 Å². The fourth-order valence-corrected chi connectivity index (χ4v) is 5.98. The maximum atomic E-state index is 11.1. The molecule has 0 spiro atoms. The van der Waals surface area contributed by atoms with Crippen LogP contribution in [-0.4, -0.2) is 43.5 Å². The molecule has 2 unspecified atom stereocenters.